The molecule has 0 fully saturated rings. The molecule has 0 radical (unpaired) electrons. The molecule has 2 aromatic carbocycles. The lowest BCUT2D eigenvalue weighted by atomic mass is 10.2. The summed E-state index contributed by atoms with van der Waals surface area (Å²) in [6, 6.07) is 18.5. The SMILES string of the molecule is C/C(=N/Oc1ccccc1)c1c(C)[nH]n(C)c1=O.C/C(=N/Oc1ccccc1)c1c(C)[nH]n(C)c1=O. The molecule has 0 saturated carbocycles. The van der Waals surface area contributed by atoms with Gasteiger partial charge in [-0.3, -0.25) is 29.2 Å². The Morgan fingerprint density at radius 1 is 0.667 bits per heavy atom. The number of H-pyrrole nitrogens is 2. The van der Waals surface area contributed by atoms with Crippen LogP contribution in [-0.2, 0) is 14.1 Å². The van der Waals surface area contributed by atoms with Crippen molar-refractivity contribution in [2.45, 2.75) is 27.7 Å². The van der Waals surface area contributed by atoms with Gasteiger partial charge in [-0.05, 0) is 52.0 Å². The molecule has 2 heterocycles. The van der Waals surface area contributed by atoms with Crippen LogP contribution >= 0.6 is 0 Å². The number of aromatic amines is 2. The molecule has 188 valence electrons. The molecular weight excluding hydrogens is 460 g/mol. The highest BCUT2D eigenvalue weighted by atomic mass is 16.6. The average Bonchev–Trinajstić information content (AvgIpc) is 3.28. The number of oxime groups is 2. The minimum Gasteiger partial charge on any atom is -0.357 e. The number of rotatable bonds is 6. The fraction of sp³-hybridized carbons (Fsp3) is 0.231. The fourth-order valence-electron chi connectivity index (χ4n) is 3.52. The zero-order valence-corrected chi connectivity index (χ0v) is 21.2. The third kappa shape index (κ3) is 6.29. The van der Waals surface area contributed by atoms with E-state index in [-0.39, 0.29) is 11.1 Å². The zero-order valence-electron chi connectivity index (χ0n) is 21.2. The number of hydrogen-bond acceptors (Lipinski definition) is 6. The summed E-state index contributed by atoms with van der Waals surface area (Å²) >= 11 is 0. The van der Waals surface area contributed by atoms with E-state index in [1.807, 2.05) is 50.2 Å². The summed E-state index contributed by atoms with van der Waals surface area (Å²) < 4.78 is 2.85. The van der Waals surface area contributed by atoms with Crippen LogP contribution in [0.4, 0.5) is 0 Å². The molecule has 0 unspecified atom stereocenters. The minimum atomic E-state index is -0.106. The van der Waals surface area contributed by atoms with Crippen molar-refractivity contribution in [3.05, 3.63) is 104 Å². The van der Waals surface area contributed by atoms with Gasteiger partial charge in [0, 0.05) is 25.5 Å². The average molecular weight is 491 g/mol. The van der Waals surface area contributed by atoms with Crippen LogP contribution in [0.1, 0.15) is 36.4 Å². The molecule has 4 rings (SSSR count). The highest BCUT2D eigenvalue weighted by Crippen LogP contribution is 2.11. The predicted octanol–water partition coefficient (Wildman–Crippen LogP) is 3.65. The van der Waals surface area contributed by atoms with E-state index in [4.69, 9.17) is 9.68 Å². The van der Waals surface area contributed by atoms with Gasteiger partial charge in [0.15, 0.2) is 11.5 Å². The molecule has 0 aliphatic heterocycles. The monoisotopic (exact) mass is 490 g/mol. The Bertz CT molecular complexity index is 1360. The third-order valence-electron chi connectivity index (χ3n) is 5.24. The second kappa shape index (κ2) is 11.7. The van der Waals surface area contributed by atoms with E-state index in [9.17, 15) is 9.59 Å². The van der Waals surface area contributed by atoms with Crippen LogP contribution in [0.3, 0.4) is 0 Å². The minimum absolute atomic E-state index is 0.106. The number of aryl methyl sites for hydroxylation is 4. The van der Waals surface area contributed by atoms with E-state index in [0.717, 1.165) is 11.4 Å². The van der Waals surface area contributed by atoms with Crippen molar-refractivity contribution in [2.75, 3.05) is 0 Å². The number of nitrogens with one attached hydrogen (secondary N) is 2. The second-order valence-electron chi connectivity index (χ2n) is 8.11. The molecule has 0 bridgehead atoms. The number of aromatic nitrogens is 4. The predicted molar refractivity (Wildman–Crippen MR) is 140 cm³/mol. The molecule has 0 amide bonds. The maximum atomic E-state index is 11.8. The van der Waals surface area contributed by atoms with Crippen molar-refractivity contribution < 1.29 is 9.68 Å². The van der Waals surface area contributed by atoms with Gasteiger partial charge in [-0.1, -0.05) is 46.7 Å². The normalized spacial score (nSPS) is 11.6. The molecule has 0 atom stereocenters. The van der Waals surface area contributed by atoms with Crippen molar-refractivity contribution in [3.63, 3.8) is 0 Å². The van der Waals surface area contributed by atoms with Crippen LogP contribution in [0.2, 0.25) is 0 Å². The molecule has 2 N–H and O–H groups in total. The van der Waals surface area contributed by atoms with Gasteiger partial charge in [0.25, 0.3) is 11.1 Å². The summed E-state index contributed by atoms with van der Waals surface area (Å²) in [5, 5.41) is 13.8. The van der Waals surface area contributed by atoms with Crippen molar-refractivity contribution in [1.29, 1.82) is 0 Å². The smallest absolute Gasteiger partial charge is 0.275 e. The molecule has 4 aromatic rings. The lowest BCUT2D eigenvalue weighted by Crippen LogP contribution is -2.18. The highest BCUT2D eigenvalue weighted by Gasteiger charge is 2.13. The molecule has 0 aliphatic carbocycles. The lowest BCUT2D eigenvalue weighted by molar-refractivity contribution is 0.341. The van der Waals surface area contributed by atoms with Crippen LogP contribution in [0.15, 0.2) is 80.6 Å². The van der Waals surface area contributed by atoms with Gasteiger partial charge in [-0.2, -0.15) is 0 Å². The first kappa shape index (κ1) is 26.0. The van der Waals surface area contributed by atoms with Gasteiger partial charge >= 0.3 is 0 Å². The largest absolute Gasteiger partial charge is 0.357 e. The van der Waals surface area contributed by atoms with Crippen LogP contribution in [-0.4, -0.2) is 31.0 Å². The lowest BCUT2D eigenvalue weighted by Gasteiger charge is -1.99. The third-order valence-corrected chi connectivity index (χ3v) is 5.24. The van der Waals surface area contributed by atoms with Crippen molar-refractivity contribution >= 4 is 11.4 Å². The first-order valence-corrected chi connectivity index (χ1v) is 11.2. The quantitative estimate of drug-likeness (QED) is 0.317. The first-order chi connectivity index (χ1) is 17.2. The van der Waals surface area contributed by atoms with E-state index in [0.29, 0.717) is 34.0 Å². The van der Waals surface area contributed by atoms with Crippen molar-refractivity contribution in [3.8, 4) is 11.5 Å². The molecular formula is C26H30N6O4. The zero-order chi connectivity index (χ0) is 26.2. The summed E-state index contributed by atoms with van der Waals surface area (Å²) in [5.74, 6) is 1.28. The molecule has 0 spiro atoms. The van der Waals surface area contributed by atoms with Crippen LogP contribution in [0, 0.1) is 13.8 Å². The summed E-state index contributed by atoms with van der Waals surface area (Å²) in [4.78, 5) is 34.2. The maximum Gasteiger partial charge on any atom is 0.275 e. The van der Waals surface area contributed by atoms with Gasteiger partial charge in [0.2, 0.25) is 0 Å². The summed E-state index contributed by atoms with van der Waals surface area (Å²) in [7, 11) is 3.34. The van der Waals surface area contributed by atoms with Gasteiger partial charge in [0.1, 0.15) is 0 Å². The van der Waals surface area contributed by atoms with Crippen molar-refractivity contribution in [2.24, 2.45) is 24.4 Å². The summed E-state index contributed by atoms with van der Waals surface area (Å²) in [6.07, 6.45) is 0. The van der Waals surface area contributed by atoms with E-state index in [1.165, 1.54) is 9.36 Å². The van der Waals surface area contributed by atoms with E-state index in [2.05, 4.69) is 20.5 Å². The van der Waals surface area contributed by atoms with Crippen molar-refractivity contribution in [1.82, 2.24) is 19.6 Å². The number of para-hydroxylation sites is 2. The molecule has 2 aromatic heterocycles. The fourth-order valence-corrected chi connectivity index (χ4v) is 3.52. The first-order valence-electron chi connectivity index (χ1n) is 11.2. The summed E-state index contributed by atoms with van der Waals surface area (Å²) in [6.45, 7) is 7.16. The number of hydrogen-bond donors (Lipinski definition) is 2. The Labute approximate surface area is 208 Å². The summed E-state index contributed by atoms with van der Waals surface area (Å²) in [5.41, 5.74) is 3.55. The Morgan fingerprint density at radius 3 is 1.28 bits per heavy atom. The molecule has 10 nitrogen and oxygen atoms in total. The van der Waals surface area contributed by atoms with Gasteiger partial charge in [-0.15, -0.1) is 0 Å². The number of nitrogens with zero attached hydrogens (tertiary/aromatic N) is 4. The van der Waals surface area contributed by atoms with Gasteiger partial charge in [0.05, 0.1) is 22.6 Å². The maximum absolute atomic E-state index is 11.8. The van der Waals surface area contributed by atoms with E-state index < -0.39 is 0 Å². The van der Waals surface area contributed by atoms with Gasteiger partial charge in [-0.25, -0.2) is 0 Å². The van der Waals surface area contributed by atoms with E-state index in [1.54, 1.807) is 52.2 Å². The topological polar surface area (TPSA) is 119 Å². The Kier molecular flexibility index (Phi) is 8.45. The Morgan fingerprint density at radius 2 is 1.00 bits per heavy atom. The molecule has 0 saturated heterocycles. The van der Waals surface area contributed by atoms with E-state index >= 15 is 0 Å². The number of benzene rings is 2. The van der Waals surface area contributed by atoms with Crippen LogP contribution < -0.4 is 20.8 Å². The van der Waals surface area contributed by atoms with Crippen LogP contribution in [0.25, 0.3) is 0 Å². The Hall–Kier alpha value is -4.60. The van der Waals surface area contributed by atoms with Gasteiger partial charge < -0.3 is 9.68 Å². The Balaban J connectivity index is 0.000000201. The molecule has 10 heteroatoms. The highest BCUT2D eigenvalue weighted by molar-refractivity contribution is 5.99. The standard InChI is InChI=1S/2C13H15N3O2/c2*1-9-12(13(17)16(3)14-9)10(2)15-18-11-7-5-4-6-8-11/h2*4-8,14H,1-3H3/b2*15-10-. The molecule has 36 heavy (non-hydrogen) atoms. The second-order valence-corrected chi connectivity index (χ2v) is 8.11. The molecule has 0 aliphatic rings. The van der Waals surface area contributed by atoms with Crippen LogP contribution in [0.5, 0.6) is 11.5 Å².